The smallest absolute Gasteiger partial charge is 0.328 e. The van der Waals surface area contributed by atoms with E-state index in [9.17, 15) is 4.79 Å². The molecule has 0 aromatic rings. The number of aliphatic carboxylic acids is 1. The minimum Gasteiger partial charge on any atom is -0.478 e. The second-order valence-electron chi connectivity index (χ2n) is 1.96. The van der Waals surface area contributed by atoms with Gasteiger partial charge in [0.2, 0.25) is 0 Å². The number of allylic oxidation sites excluding steroid dienone is 3. The Morgan fingerprint density at radius 2 is 2.18 bits per heavy atom. The average molecular weight is 219 g/mol. The van der Waals surface area contributed by atoms with Gasteiger partial charge in [-0.05, 0) is 12.8 Å². The molecule has 0 bridgehead atoms. The maximum Gasteiger partial charge on any atom is 0.328 e. The Bertz CT molecular complexity index is 161. The third-order valence-electron chi connectivity index (χ3n) is 0.990. The summed E-state index contributed by atoms with van der Waals surface area (Å²) in [4.78, 5) is 9.96. The van der Waals surface area contributed by atoms with Crippen LogP contribution < -0.4 is 0 Å². The Morgan fingerprint density at radius 3 is 2.73 bits per heavy atom. The summed E-state index contributed by atoms with van der Waals surface area (Å²) in [7, 11) is 0. The topological polar surface area (TPSA) is 37.3 Å². The van der Waals surface area contributed by atoms with Gasteiger partial charge in [-0.25, -0.2) is 4.79 Å². The first-order valence-electron chi connectivity index (χ1n) is 3.39. The van der Waals surface area contributed by atoms with Crippen molar-refractivity contribution in [3.8, 4) is 0 Å². The second-order valence-corrected chi connectivity index (χ2v) is 2.75. The quantitative estimate of drug-likeness (QED) is 0.333. The number of carboxylic acids is 1. The highest BCUT2D eigenvalue weighted by atomic mass is 79.9. The number of hydrogen-bond donors (Lipinski definition) is 1. The summed E-state index contributed by atoms with van der Waals surface area (Å²) in [6, 6.07) is 0. The SMILES string of the molecule is O=C(O)C=CC=CCCCBr. The number of hydrogen-bond acceptors (Lipinski definition) is 1. The molecule has 0 radical (unpaired) electrons. The molecule has 0 heterocycles. The van der Waals surface area contributed by atoms with Crippen LogP contribution in [-0.2, 0) is 4.79 Å². The molecule has 0 unspecified atom stereocenters. The van der Waals surface area contributed by atoms with E-state index in [0.717, 1.165) is 24.2 Å². The molecule has 0 amide bonds. The van der Waals surface area contributed by atoms with Crippen LogP contribution in [0.2, 0.25) is 0 Å². The minimum absolute atomic E-state index is 0.907. The molecule has 0 rings (SSSR count). The summed E-state index contributed by atoms with van der Waals surface area (Å²) in [6.45, 7) is 0. The van der Waals surface area contributed by atoms with Crippen LogP contribution in [0.5, 0.6) is 0 Å². The number of unbranched alkanes of at least 4 members (excludes halogenated alkanes) is 1. The van der Waals surface area contributed by atoms with Crippen LogP contribution in [0.4, 0.5) is 0 Å². The number of halogens is 1. The van der Waals surface area contributed by atoms with Crippen molar-refractivity contribution >= 4 is 21.9 Å². The van der Waals surface area contributed by atoms with Crippen molar-refractivity contribution in [3.05, 3.63) is 24.3 Å². The summed E-state index contributed by atoms with van der Waals surface area (Å²) >= 11 is 3.30. The second kappa shape index (κ2) is 7.54. The van der Waals surface area contributed by atoms with Gasteiger partial charge >= 0.3 is 5.97 Å². The lowest BCUT2D eigenvalue weighted by Gasteiger charge is -1.83. The third kappa shape index (κ3) is 9.43. The van der Waals surface area contributed by atoms with Gasteiger partial charge in [0, 0.05) is 11.4 Å². The highest BCUT2D eigenvalue weighted by Crippen LogP contribution is 1.94. The van der Waals surface area contributed by atoms with Crippen LogP contribution in [0, 0.1) is 0 Å². The Hall–Kier alpha value is -0.570. The third-order valence-corrected chi connectivity index (χ3v) is 1.55. The molecule has 0 atom stereocenters. The van der Waals surface area contributed by atoms with E-state index in [-0.39, 0.29) is 0 Å². The first kappa shape index (κ1) is 10.4. The number of alkyl halides is 1. The molecule has 0 saturated carbocycles. The Balaban J connectivity index is 3.36. The number of carboxylic acid groups (broad SMARTS) is 1. The molecule has 1 N–H and O–H groups in total. The van der Waals surface area contributed by atoms with Crippen LogP contribution >= 0.6 is 15.9 Å². The van der Waals surface area contributed by atoms with Crippen molar-refractivity contribution in [3.63, 3.8) is 0 Å². The Kier molecular flexibility index (Phi) is 7.15. The van der Waals surface area contributed by atoms with E-state index in [1.807, 2.05) is 6.08 Å². The standard InChI is InChI=1S/C8H11BrO2/c9-7-5-3-1-2-4-6-8(10)11/h1-2,4,6H,3,5,7H2,(H,10,11). The van der Waals surface area contributed by atoms with Gasteiger partial charge in [-0.15, -0.1) is 0 Å². The zero-order valence-electron chi connectivity index (χ0n) is 6.16. The van der Waals surface area contributed by atoms with Crippen molar-refractivity contribution in [1.29, 1.82) is 0 Å². The fraction of sp³-hybridized carbons (Fsp3) is 0.375. The van der Waals surface area contributed by atoms with Crippen molar-refractivity contribution in [2.75, 3.05) is 5.33 Å². The molecule has 0 spiro atoms. The van der Waals surface area contributed by atoms with Gasteiger partial charge in [-0.3, -0.25) is 0 Å². The van der Waals surface area contributed by atoms with E-state index in [0.29, 0.717) is 0 Å². The molecule has 0 aliphatic heterocycles. The summed E-state index contributed by atoms with van der Waals surface area (Å²) < 4.78 is 0. The average Bonchev–Trinajstić information content (AvgIpc) is 1.96. The van der Waals surface area contributed by atoms with Gasteiger partial charge in [0.25, 0.3) is 0 Å². The molecule has 2 nitrogen and oxygen atoms in total. The van der Waals surface area contributed by atoms with E-state index in [4.69, 9.17) is 5.11 Å². The van der Waals surface area contributed by atoms with E-state index in [2.05, 4.69) is 15.9 Å². The normalized spacial score (nSPS) is 11.4. The van der Waals surface area contributed by atoms with Crippen molar-refractivity contribution in [2.45, 2.75) is 12.8 Å². The largest absolute Gasteiger partial charge is 0.478 e. The first-order valence-corrected chi connectivity index (χ1v) is 4.51. The van der Waals surface area contributed by atoms with Gasteiger partial charge in [-0.2, -0.15) is 0 Å². The number of rotatable bonds is 5. The number of carbonyl (C=O) groups is 1. The van der Waals surface area contributed by atoms with E-state index < -0.39 is 5.97 Å². The predicted molar refractivity (Wildman–Crippen MR) is 48.9 cm³/mol. The summed E-state index contributed by atoms with van der Waals surface area (Å²) in [5.41, 5.74) is 0. The maximum atomic E-state index is 9.96. The summed E-state index contributed by atoms with van der Waals surface area (Å²) in [5, 5.41) is 9.17. The lowest BCUT2D eigenvalue weighted by molar-refractivity contribution is -0.131. The van der Waals surface area contributed by atoms with Crippen molar-refractivity contribution in [1.82, 2.24) is 0 Å². The molecule has 0 aliphatic rings. The van der Waals surface area contributed by atoms with Crippen LogP contribution in [-0.4, -0.2) is 16.4 Å². The van der Waals surface area contributed by atoms with E-state index >= 15 is 0 Å². The fourth-order valence-electron chi connectivity index (χ4n) is 0.508. The molecule has 62 valence electrons. The monoisotopic (exact) mass is 218 g/mol. The lowest BCUT2D eigenvalue weighted by Crippen LogP contribution is -1.84. The molecule has 0 aromatic carbocycles. The molecule has 0 fully saturated rings. The zero-order chi connectivity index (χ0) is 8.53. The molecule has 0 saturated heterocycles. The summed E-state index contributed by atoms with van der Waals surface area (Å²) in [5.74, 6) is -0.907. The minimum atomic E-state index is -0.907. The first-order chi connectivity index (χ1) is 5.27. The van der Waals surface area contributed by atoms with Crippen LogP contribution in [0.3, 0.4) is 0 Å². The zero-order valence-corrected chi connectivity index (χ0v) is 7.75. The Morgan fingerprint density at radius 1 is 1.45 bits per heavy atom. The van der Waals surface area contributed by atoms with Gasteiger partial charge in [0.05, 0.1) is 0 Å². The molecule has 0 aliphatic carbocycles. The van der Waals surface area contributed by atoms with Crippen molar-refractivity contribution < 1.29 is 9.90 Å². The van der Waals surface area contributed by atoms with Crippen LogP contribution in [0.1, 0.15) is 12.8 Å². The van der Waals surface area contributed by atoms with Gasteiger partial charge in [0.1, 0.15) is 0 Å². The molecule has 11 heavy (non-hydrogen) atoms. The summed E-state index contributed by atoms with van der Waals surface area (Å²) in [6.07, 6.45) is 8.39. The predicted octanol–water partition coefficient (Wildman–Crippen LogP) is 2.36. The highest BCUT2D eigenvalue weighted by molar-refractivity contribution is 9.09. The van der Waals surface area contributed by atoms with Crippen LogP contribution in [0.25, 0.3) is 0 Å². The lowest BCUT2D eigenvalue weighted by atomic mass is 10.3. The van der Waals surface area contributed by atoms with E-state index in [1.165, 1.54) is 6.08 Å². The van der Waals surface area contributed by atoms with Gasteiger partial charge in [0.15, 0.2) is 0 Å². The fourth-order valence-corrected chi connectivity index (χ4v) is 0.831. The molecule has 0 aromatic heterocycles. The van der Waals surface area contributed by atoms with E-state index in [1.54, 1.807) is 6.08 Å². The molecular weight excluding hydrogens is 208 g/mol. The van der Waals surface area contributed by atoms with Crippen LogP contribution in [0.15, 0.2) is 24.3 Å². The van der Waals surface area contributed by atoms with Gasteiger partial charge < -0.3 is 5.11 Å². The highest BCUT2D eigenvalue weighted by Gasteiger charge is 1.80. The Labute approximate surface area is 74.7 Å². The van der Waals surface area contributed by atoms with Crippen molar-refractivity contribution in [2.24, 2.45) is 0 Å². The molecule has 3 heteroatoms. The maximum absolute atomic E-state index is 9.96. The van der Waals surface area contributed by atoms with Gasteiger partial charge in [-0.1, -0.05) is 34.2 Å². The molecular formula is C8H11BrO2.